The van der Waals surface area contributed by atoms with Crippen LogP contribution in [0.1, 0.15) is 44.9 Å². The van der Waals surface area contributed by atoms with Gasteiger partial charge in [0, 0.05) is 36.1 Å². The maximum absolute atomic E-state index is 6.05. The highest BCUT2D eigenvalue weighted by atomic mass is 35.5. The standard InChI is InChI=1S/C15H25ClN2S/c1-4-6-12-9-17-15(3,5-2)11-18(12)10-13-7-8-14(16)19-13/h7-8,12,17H,4-6,9-11H2,1-3H3. The topological polar surface area (TPSA) is 15.3 Å². The van der Waals surface area contributed by atoms with Gasteiger partial charge in [0.05, 0.1) is 4.34 Å². The van der Waals surface area contributed by atoms with E-state index in [1.165, 1.54) is 24.1 Å². The molecule has 19 heavy (non-hydrogen) atoms. The molecule has 0 saturated carbocycles. The van der Waals surface area contributed by atoms with Crippen LogP contribution in [0, 0.1) is 0 Å². The third kappa shape index (κ3) is 3.94. The first kappa shape index (κ1) is 15.3. The number of hydrogen-bond donors (Lipinski definition) is 1. The SMILES string of the molecule is CCCC1CNC(C)(CC)CN1Cc1ccc(Cl)s1. The second kappa shape index (κ2) is 6.57. The van der Waals surface area contributed by atoms with Crippen LogP contribution in [0.3, 0.4) is 0 Å². The van der Waals surface area contributed by atoms with E-state index in [1.54, 1.807) is 11.3 Å². The third-order valence-corrected chi connectivity index (χ3v) is 5.44. The lowest BCUT2D eigenvalue weighted by Crippen LogP contribution is -2.62. The van der Waals surface area contributed by atoms with E-state index in [1.807, 2.05) is 6.07 Å². The van der Waals surface area contributed by atoms with Crippen molar-refractivity contribution in [2.75, 3.05) is 13.1 Å². The van der Waals surface area contributed by atoms with E-state index in [9.17, 15) is 0 Å². The molecule has 0 spiro atoms. The number of nitrogens with zero attached hydrogens (tertiary/aromatic N) is 1. The molecule has 2 heterocycles. The van der Waals surface area contributed by atoms with Crippen LogP contribution in [-0.4, -0.2) is 29.6 Å². The van der Waals surface area contributed by atoms with Gasteiger partial charge in [-0.05, 0) is 31.9 Å². The van der Waals surface area contributed by atoms with Crippen molar-refractivity contribution in [3.05, 3.63) is 21.3 Å². The molecule has 4 heteroatoms. The van der Waals surface area contributed by atoms with Crippen LogP contribution >= 0.6 is 22.9 Å². The molecule has 2 atom stereocenters. The van der Waals surface area contributed by atoms with E-state index in [4.69, 9.17) is 11.6 Å². The summed E-state index contributed by atoms with van der Waals surface area (Å²) in [5.74, 6) is 0. The molecule has 0 radical (unpaired) electrons. The van der Waals surface area contributed by atoms with E-state index in [2.05, 4.69) is 37.1 Å². The summed E-state index contributed by atoms with van der Waals surface area (Å²) in [6.07, 6.45) is 3.69. The Balaban J connectivity index is 2.06. The van der Waals surface area contributed by atoms with Crippen LogP contribution in [0.4, 0.5) is 0 Å². The van der Waals surface area contributed by atoms with Crippen molar-refractivity contribution in [2.45, 2.75) is 58.2 Å². The lowest BCUT2D eigenvalue weighted by atomic mass is 9.92. The van der Waals surface area contributed by atoms with E-state index in [-0.39, 0.29) is 5.54 Å². The minimum Gasteiger partial charge on any atom is -0.309 e. The fraction of sp³-hybridized carbons (Fsp3) is 0.733. The quantitative estimate of drug-likeness (QED) is 0.879. The Hall–Kier alpha value is -0.0900. The van der Waals surface area contributed by atoms with Gasteiger partial charge < -0.3 is 5.32 Å². The van der Waals surface area contributed by atoms with Gasteiger partial charge in [0.15, 0.2) is 0 Å². The summed E-state index contributed by atoms with van der Waals surface area (Å²) in [7, 11) is 0. The number of thiophene rings is 1. The minimum atomic E-state index is 0.255. The molecule has 0 amide bonds. The Bertz CT molecular complexity index is 407. The predicted octanol–water partition coefficient (Wildman–Crippen LogP) is 4.14. The number of hydrogen-bond acceptors (Lipinski definition) is 3. The zero-order chi connectivity index (χ0) is 13.9. The summed E-state index contributed by atoms with van der Waals surface area (Å²) in [5, 5.41) is 3.74. The monoisotopic (exact) mass is 300 g/mol. The summed E-state index contributed by atoms with van der Waals surface area (Å²) in [6, 6.07) is 4.84. The van der Waals surface area contributed by atoms with Crippen LogP contribution in [0.15, 0.2) is 12.1 Å². The van der Waals surface area contributed by atoms with Crippen molar-refractivity contribution in [3.63, 3.8) is 0 Å². The highest BCUT2D eigenvalue weighted by Crippen LogP contribution is 2.27. The summed E-state index contributed by atoms with van der Waals surface area (Å²) in [6.45, 7) is 10.2. The molecule has 1 aliphatic rings. The second-order valence-corrected chi connectivity index (χ2v) is 7.65. The van der Waals surface area contributed by atoms with E-state index in [0.717, 1.165) is 24.0 Å². The van der Waals surface area contributed by atoms with Gasteiger partial charge in [-0.2, -0.15) is 0 Å². The molecule has 0 bridgehead atoms. The molecule has 108 valence electrons. The molecule has 1 N–H and O–H groups in total. The molecule has 0 aromatic carbocycles. The van der Waals surface area contributed by atoms with Crippen molar-refractivity contribution in [1.82, 2.24) is 10.2 Å². The average Bonchev–Trinajstić information content (AvgIpc) is 2.79. The summed E-state index contributed by atoms with van der Waals surface area (Å²) < 4.78 is 0.899. The third-order valence-electron chi connectivity index (χ3n) is 4.22. The molecule has 1 aromatic heterocycles. The van der Waals surface area contributed by atoms with Crippen molar-refractivity contribution in [3.8, 4) is 0 Å². The van der Waals surface area contributed by atoms with Crippen LogP contribution < -0.4 is 5.32 Å². The second-order valence-electron chi connectivity index (χ2n) is 5.85. The van der Waals surface area contributed by atoms with Crippen LogP contribution in [-0.2, 0) is 6.54 Å². The molecule has 1 fully saturated rings. The predicted molar refractivity (Wildman–Crippen MR) is 85.1 cm³/mol. The zero-order valence-electron chi connectivity index (χ0n) is 12.2. The molecule has 2 nitrogen and oxygen atoms in total. The first-order chi connectivity index (χ1) is 9.06. The van der Waals surface area contributed by atoms with Crippen molar-refractivity contribution < 1.29 is 0 Å². The molecule has 0 aliphatic carbocycles. The van der Waals surface area contributed by atoms with Gasteiger partial charge in [-0.1, -0.05) is 31.9 Å². The molecule has 1 saturated heterocycles. The molecule has 2 rings (SSSR count). The first-order valence-electron chi connectivity index (χ1n) is 7.29. The Kier molecular flexibility index (Phi) is 5.29. The Morgan fingerprint density at radius 2 is 2.26 bits per heavy atom. The van der Waals surface area contributed by atoms with Crippen molar-refractivity contribution >= 4 is 22.9 Å². The maximum Gasteiger partial charge on any atom is 0.0931 e. The van der Waals surface area contributed by atoms with Gasteiger partial charge in [0.25, 0.3) is 0 Å². The summed E-state index contributed by atoms with van der Waals surface area (Å²) >= 11 is 7.76. The lowest BCUT2D eigenvalue weighted by molar-refractivity contribution is 0.0734. The van der Waals surface area contributed by atoms with Crippen LogP contribution in [0.2, 0.25) is 4.34 Å². The first-order valence-corrected chi connectivity index (χ1v) is 8.49. The Morgan fingerprint density at radius 3 is 2.84 bits per heavy atom. The van der Waals surface area contributed by atoms with Crippen molar-refractivity contribution in [1.29, 1.82) is 0 Å². The van der Waals surface area contributed by atoms with Gasteiger partial charge >= 0.3 is 0 Å². The maximum atomic E-state index is 6.05. The van der Waals surface area contributed by atoms with Crippen molar-refractivity contribution in [2.24, 2.45) is 0 Å². The van der Waals surface area contributed by atoms with Gasteiger partial charge in [-0.25, -0.2) is 0 Å². The van der Waals surface area contributed by atoms with Gasteiger partial charge in [-0.15, -0.1) is 11.3 Å². The van der Waals surface area contributed by atoms with Gasteiger partial charge in [0.2, 0.25) is 0 Å². The highest BCUT2D eigenvalue weighted by molar-refractivity contribution is 7.16. The number of nitrogens with one attached hydrogen (secondary N) is 1. The summed E-state index contributed by atoms with van der Waals surface area (Å²) in [4.78, 5) is 4.03. The highest BCUT2D eigenvalue weighted by Gasteiger charge is 2.34. The van der Waals surface area contributed by atoms with E-state index < -0.39 is 0 Å². The van der Waals surface area contributed by atoms with Crippen LogP contribution in [0.5, 0.6) is 0 Å². The molecule has 2 unspecified atom stereocenters. The minimum absolute atomic E-state index is 0.255. The average molecular weight is 301 g/mol. The zero-order valence-corrected chi connectivity index (χ0v) is 13.8. The van der Waals surface area contributed by atoms with E-state index >= 15 is 0 Å². The summed E-state index contributed by atoms with van der Waals surface area (Å²) in [5.41, 5.74) is 0.255. The smallest absolute Gasteiger partial charge is 0.0931 e. The molecule has 1 aliphatic heterocycles. The lowest BCUT2D eigenvalue weighted by Gasteiger charge is -2.46. The van der Waals surface area contributed by atoms with Crippen LogP contribution in [0.25, 0.3) is 0 Å². The largest absolute Gasteiger partial charge is 0.309 e. The fourth-order valence-corrected chi connectivity index (χ4v) is 3.92. The Labute approximate surface area is 126 Å². The molecular formula is C15H25ClN2S. The van der Waals surface area contributed by atoms with Gasteiger partial charge in [0.1, 0.15) is 0 Å². The molecular weight excluding hydrogens is 276 g/mol. The number of halogens is 1. The van der Waals surface area contributed by atoms with Gasteiger partial charge in [-0.3, -0.25) is 4.90 Å². The number of piperazine rings is 1. The normalized spacial score (nSPS) is 28.7. The number of rotatable bonds is 5. The fourth-order valence-electron chi connectivity index (χ4n) is 2.80. The van der Waals surface area contributed by atoms with E-state index in [0.29, 0.717) is 6.04 Å². The Morgan fingerprint density at radius 1 is 1.47 bits per heavy atom. The molecule has 1 aromatic rings.